The van der Waals surface area contributed by atoms with Crippen molar-refractivity contribution in [3.05, 3.63) is 30.3 Å². The van der Waals surface area contributed by atoms with Crippen molar-refractivity contribution in [2.75, 3.05) is 39.9 Å². The molecule has 0 aliphatic carbocycles. The lowest BCUT2D eigenvalue weighted by atomic mass is 9.98. The van der Waals surface area contributed by atoms with Crippen molar-refractivity contribution in [3.8, 4) is 0 Å². The standard InChI is InChI=1S/C17H24N2O3S2/c1-22-10-9-19-8-4-5-14(13-19)12-18-24(20,21)17-11-15-6-2-3-7-16(15)23-17/h2-3,6-7,11,14,18H,4-5,8-10,12-13H2,1H3. The maximum absolute atomic E-state index is 12.6. The van der Waals surface area contributed by atoms with Gasteiger partial charge in [0.1, 0.15) is 4.21 Å². The van der Waals surface area contributed by atoms with Gasteiger partial charge in [0, 0.05) is 31.4 Å². The van der Waals surface area contributed by atoms with Gasteiger partial charge >= 0.3 is 0 Å². The van der Waals surface area contributed by atoms with E-state index in [0.29, 0.717) is 16.7 Å². The summed E-state index contributed by atoms with van der Waals surface area (Å²) < 4.78 is 34.5. The Bertz CT molecular complexity index is 740. The van der Waals surface area contributed by atoms with Gasteiger partial charge in [-0.2, -0.15) is 0 Å². The van der Waals surface area contributed by atoms with Crippen LogP contribution in [0.3, 0.4) is 0 Å². The number of fused-ring (bicyclic) bond motifs is 1. The fourth-order valence-corrected chi connectivity index (χ4v) is 5.69. The van der Waals surface area contributed by atoms with E-state index in [-0.39, 0.29) is 0 Å². The highest BCUT2D eigenvalue weighted by Gasteiger charge is 2.23. The van der Waals surface area contributed by atoms with Gasteiger partial charge in [0.25, 0.3) is 0 Å². The number of nitrogens with zero attached hydrogens (tertiary/aromatic N) is 1. The summed E-state index contributed by atoms with van der Waals surface area (Å²) in [5.41, 5.74) is 0. The number of hydrogen-bond acceptors (Lipinski definition) is 5. The maximum Gasteiger partial charge on any atom is 0.250 e. The highest BCUT2D eigenvalue weighted by Crippen LogP contribution is 2.28. The van der Waals surface area contributed by atoms with Crippen molar-refractivity contribution in [2.45, 2.75) is 17.1 Å². The van der Waals surface area contributed by atoms with E-state index in [1.807, 2.05) is 24.3 Å². The highest BCUT2D eigenvalue weighted by atomic mass is 32.2. The number of likely N-dealkylation sites (tertiary alicyclic amines) is 1. The van der Waals surface area contributed by atoms with Crippen molar-refractivity contribution < 1.29 is 13.2 Å². The minimum atomic E-state index is -3.43. The van der Waals surface area contributed by atoms with Gasteiger partial charge < -0.3 is 9.64 Å². The second-order valence-corrected chi connectivity index (χ2v) is 9.33. The monoisotopic (exact) mass is 368 g/mol. The lowest BCUT2D eigenvalue weighted by Crippen LogP contribution is -2.41. The molecule has 1 saturated heterocycles. The van der Waals surface area contributed by atoms with Gasteiger partial charge in [0.05, 0.1) is 6.61 Å². The molecule has 1 aliphatic rings. The van der Waals surface area contributed by atoms with Gasteiger partial charge in [-0.05, 0) is 42.8 Å². The lowest BCUT2D eigenvalue weighted by Gasteiger charge is -2.32. The molecule has 1 aliphatic heterocycles. The second kappa shape index (κ2) is 7.93. The Labute approximate surface area is 147 Å². The summed E-state index contributed by atoms with van der Waals surface area (Å²) in [5.74, 6) is 0.361. The van der Waals surface area contributed by atoms with Crippen LogP contribution in [0.5, 0.6) is 0 Å². The Hall–Kier alpha value is -0.990. The number of piperidine rings is 1. The van der Waals surface area contributed by atoms with E-state index in [1.165, 1.54) is 11.3 Å². The van der Waals surface area contributed by atoms with E-state index in [2.05, 4.69) is 9.62 Å². The molecular weight excluding hydrogens is 344 g/mol. The number of benzene rings is 1. The quantitative estimate of drug-likeness (QED) is 0.816. The minimum absolute atomic E-state index is 0.361. The Morgan fingerprint density at radius 3 is 3.00 bits per heavy atom. The summed E-state index contributed by atoms with van der Waals surface area (Å²) in [6, 6.07) is 9.51. The van der Waals surface area contributed by atoms with Crippen LogP contribution in [0.2, 0.25) is 0 Å². The number of methoxy groups -OCH3 is 1. The summed E-state index contributed by atoms with van der Waals surface area (Å²) >= 11 is 1.33. The van der Waals surface area contributed by atoms with Crippen LogP contribution in [0.1, 0.15) is 12.8 Å². The third kappa shape index (κ3) is 4.34. The Morgan fingerprint density at radius 2 is 2.21 bits per heavy atom. The maximum atomic E-state index is 12.6. The van der Waals surface area contributed by atoms with E-state index in [9.17, 15) is 8.42 Å². The van der Waals surface area contributed by atoms with E-state index >= 15 is 0 Å². The van der Waals surface area contributed by atoms with E-state index in [1.54, 1.807) is 13.2 Å². The fraction of sp³-hybridized carbons (Fsp3) is 0.529. The molecule has 0 amide bonds. The van der Waals surface area contributed by atoms with E-state index < -0.39 is 10.0 Å². The summed E-state index contributed by atoms with van der Waals surface area (Å²) in [6.07, 6.45) is 2.18. The predicted octanol–water partition coefficient (Wildman–Crippen LogP) is 2.54. The molecule has 0 bridgehead atoms. The van der Waals surface area contributed by atoms with Gasteiger partial charge in [-0.15, -0.1) is 11.3 Å². The average Bonchev–Trinajstić information content (AvgIpc) is 3.04. The molecule has 7 heteroatoms. The van der Waals surface area contributed by atoms with Crippen LogP contribution >= 0.6 is 11.3 Å². The molecule has 132 valence electrons. The van der Waals surface area contributed by atoms with Crippen molar-refractivity contribution in [1.82, 2.24) is 9.62 Å². The number of rotatable bonds is 7. The van der Waals surface area contributed by atoms with Crippen LogP contribution < -0.4 is 4.72 Å². The molecule has 24 heavy (non-hydrogen) atoms. The topological polar surface area (TPSA) is 58.6 Å². The first-order chi connectivity index (χ1) is 11.6. The van der Waals surface area contributed by atoms with Gasteiger partial charge in [-0.1, -0.05) is 18.2 Å². The van der Waals surface area contributed by atoms with Crippen molar-refractivity contribution in [2.24, 2.45) is 5.92 Å². The third-order valence-electron chi connectivity index (χ3n) is 4.44. The Kier molecular flexibility index (Phi) is 5.89. The minimum Gasteiger partial charge on any atom is -0.383 e. The summed E-state index contributed by atoms with van der Waals surface area (Å²) in [4.78, 5) is 2.35. The van der Waals surface area contributed by atoms with E-state index in [4.69, 9.17) is 4.74 Å². The molecule has 2 heterocycles. The third-order valence-corrected chi connectivity index (χ3v) is 7.46. The molecule has 1 fully saturated rings. The second-order valence-electron chi connectivity index (χ2n) is 6.26. The van der Waals surface area contributed by atoms with E-state index in [0.717, 1.165) is 49.2 Å². The first kappa shape index (κ1) is 17.8. The largest absolute Gasteiger partial charge is 0.383 e. The Morgan fingerprint density at radius 1 is 1.38 bits per heavy atom. The number of nitrogens with one attached hydrogen (secondary N) is 1. The molecule has 3 rings (SSSR count). The summed E-state index contributed by atoms with van der Waals surface area (Å²) in [5, 5.41) is 0.978. The van der Waals surface area contributed by atoms with Crippen LogP contribution in [0.4, 0.5) is 0 Å². The number of ether oxygens (including phenoxy) is 1. The molecule has 1 atom stereocenters. The van der Waals surface area contributed by atoms with Crippen LogP contribution in [0, 0.1) is 5.92 Å². The van der Waals surface area contributed by atoms with Crippen LogP contribution in [0.15, 0.2) is 34.5 Å². The number of thiophene rings is 1. The molecule has 0 spiro atoms. The average molecular weight is 369 g/mol. The van der Waals surface area contributed by atoms with Crippen LogP contribution in [0.25, 0.3) is 10.1 Å². The predicted molar refractivity (Wildman–Crippen MR) is 98.1 cm³/mol. The van der Waals surface area contributed by atoms with Crippen molar-refractivity contribution in [3.63, 3.8) is 0 Å². The van der Waals surface area contributed by atoms with Gasteiger partial charge in [0.15, 0.2) is 0 Å². The SMILES string of the molecule is COCCN1CCCC(CNS(=O)(=O)c2cc3ccccc3s2)C1. The molecule has 5 nitrogen and oxygen atoms in total. The molecule has 1 N–H and O–H groups in total. The number of hydrogen-bond donors (Lipinski definition) is 1. The summed E-state index contributed by atoms with van der Waals surface area (Å²) in [7, 11) is -1.72. The number of sulfonamides is 1. The van der Waals surface area contributed by atoms with Gasteiger partial charge in [-0.3, -0.25) is 0 Å². The zero-order valence-electron chi connectivity index (χ0n) is 13.9. The fourth-order valence-electron chi connectivity index (χ4n) is 3.13. The molecule has 0 saturated carbocycles. The first-order valence-corrected chi connectivity index (χ1v) is 10.6. The normalized spacial score (nSPS) is 19.8. The van der Waals surface area contributed by atoms with Crippen LogP contribution in [-0.4, -0.2) is 53.2 Å². The molecule has 1 unspecified atom stereocenters. The first-order valence-electron chi connectivity index (χ1n) is 8.28. The van der Waals surface area contributed by atoms with Gasteiger partial charge in [-0.25, -0.2) is 13.1 Å². The van der Waals surface area contributed by atoms with Crippen molar-refractivity contribution in [1.29, 1.82) is 0 Å². The van der Waals surface area contributed by atoms with Gasteiger partial charge in [0.2, 0.25) is 10.0 Å². The highest BCUT2D eigenvalue weighted by molar-refractivity contribution is 7.91. The molecular formula is C17H24N2O3S2. The molecule has 0 radical (unpaired) electrons. The summed E-state index contributed by atoms with van der Waals surface area (Å²) in [6.45, 7) is 4.14. The molecule has 1 aromatic heterocycles. The smallest absolute Gasteiger partial charge is 0.250 e. The molecule has 1 aromatic carbocycles. The van der Waals surface area contributed by atoms with Crippen molar-refractivity contribution >= 4 is 31.4 Å². The zero-order chi connectivity index (χ0) is 17.0. The zero-order valence-corrected chi connectivity index (χ0v) is 15.5. The lowest BCUT2D eigenvalue weighted by molar-refractivity contribution is 0.115. The van der Waals surface area contributed by atoms with Crippen LogP contribution in [-0.2, 0) is 14.8 Å². The molecule has 2 aromatic rings. The Balaban J connectivity index is 1.60.